The largest absolute Gasteiger partial charge is 0.462 e. The summed E-state index contributed by atoms with van der Waals surface area (Å²) in [6.07, 6.45) is 3.82. The lowest BCUT2D eigenvalue weighted by Gasteiger charge is -2.36. The summed E-state index contributed by atoms with van der Waals surface area (Å²) in [5.74, 6) is 1.01. The van der Waals surface area contributed by atoms with Crippen LogP contribution in [0.3, 0.4) is 0 Å². The average molecular weight is 398 g/mol. The maximum absolute atomic E-state index is 12.4. The molecule has 3 fully saturated rings. The van der Waals surface area contributed by atoms with E-state index in [1.807, 2.05) is 6.92 Å². The van der Waals surface area contributed by atoms with Gasteiger partial charge < -0.3 is 19.9 Å². The van der Waals surface area contributed by atoms with E-state index in [2.05, 4.69) is 43.3 Å². The Labute approximate surface area is 171 Å². The van der Waals surface area contributed by atoms with Crippen LogP contribution in [-0.4, -0.2) is 72.8 Å². The quantitative estimate of drug-likeness (QED) is 0.770. The minimum Gasteiger partial charge on any atom is -0.462 e. The number of ether oxygens (including phenoxy) is 1. The highest BCUT2D eigenvalue weighted by Gasteiger charge is 2.49. The van der Waals surface area contributed by atoms with Crippen LogP contribution in [0.4, 0.5) is 5.69 Å². The molecule has 1 spiro atoms. The molecule has 0 amide bonds. The number of carbonyl (C=O) groups excluding carboxylic acids is 1. The molecule has 0 bridgehead atoms. The number of esters is 1. The van der Waals surface area contributed by atoms with E-state index in [-0.39, 0.29) is 17.5 Å². The third-order valence-corrected chi connectivity index (χ3v) is 6.98. The fraction of sp³-hybridized carbons (Fsp3) is 0.636. The molecule has 5 rings (SSSR count). The first-order valence-corrected chi connectivity index (χ1v) is 11.0. The minimum atomic E-state index is -0.199. The molecule has 2 aromatic rings. The number of carbonyl (C=O) groups is 1. The van der Waals surface area contributed by atoms with Gasteiger partial charge >= 0.3 is 5.97 Å². The number of rotatable bonds is 4. The summed E-state index contributed by atoms with van der Waals surface area (Å²) < 4.78 is 5.77. The maximum Gasteiger partial charge on any atom is 0.312 e. The van der Waals surface area contributed by atoms with Crippen LogP contribution < -0.4 is 10.2 Å². The number of piperazine rings is 1. The Morgan fingerprint density at radius 2 is 2.00 bits per heavy atom. The molecule has 7 nitrogen and oxygen atoms in total. The first kappa shape index (κ1) is 18.9. The van der Waals surface area contributed by atoms with E-state index in [0.29, 0.717) is 0 Å². The van der Waals surface area contributed by atoms with Crippen molar-refractivity contribution in [3.05, 3.63) is 24.0 Å². The zero-order valence-electron chi connectivity index (χ0n) is 17.2. The van der Waals surface area contributed by atoms with Crippen LogP contribution in [-0.2, 0) is 9.53 Å². The number of H-pyrrole nitrogens is 1. The fourth-order valence-electron chi connectivity index (χ4n) is 5.25. The monoisotopic (exact) mass is 397 g/mol. The van der Waals surface area contributed by atoms with Gasteiger partial charge in [-0.3, -0.25) is 9.69 Å². The number of hydrogen-bond donors (Lipinski definition) is 2. The van der Waals surface area contributed by atoms with Crippen molar-refractivity contribution in [1.29, 1.82) is 0 Å². The number of aromatic nitrogens is 2. The van der Waals surface area contributed by atoms with Crippen LogP contribution in [0.5, 0.6) is 0 Å². The van der Waals surface area contributed by atoms with Gasteiger partial charge in [0.15, 0.2) is 0 Å². The Kier molecular flexibility index (Phi) is 4.95. The molecule has 29 heavy (non-hydrogen) atoms. The number of piperidine rings is 1. The lowest BCUT2D eigenvalue weighted by molar-refractivity contribution is -0.150. The molecule has 1 unspecified atom stereocenters. The standard InChI is InChI=1S/C22H31N5O2/c1-16-24-18-3-2-4-19(20(18)25-16)27-13-11-26(12-14-27)10-5-17-15-22(21(28)29-17)6-8-23-9-7-22/h2-4,17,23H,5-15H2,1H3,(H,24,25). The van der Waals surface area contributed by atoms with Gasteiger partial charge in [-0.1, -0.05) is 6.07 Å². The van der Waals surface area contributed by atoms with Crippen LogP contribution in [0.15, 0.2) is 18.2 Å². The van der Waals surface area contributed by atoms with E-state index in [4.69, 9.17) is 4.74 Å². The number of nitrogens with zero attached hydrogens (tertiary/aromatic N) is 3. The van der Waals surface area contributed by atoms with Crippen molar-refractivity contribution in [3.63, 3.8) is 0 Å². The minimum absolute atomic E-state index is 0.0520. The van der Waals surface area contributed by atoms with Crippen molar-refractivity contribution >= 4 is 22.7 Å². The van der Waals surface area contributed by atoms with Crippen LogP contribution >= 0.6 is 0 Å². The number of aryl methyl sites for hydroxylation is 1. The zero-order valence-corrected chi connectivity index (χ0v) is 17.2. The van der Waals surface area contributed by atoms with Gasteiger partial charge in [0.1, 0.15) is 17.4 Å². The highest BCUT2D eigenvalue weighted by molar-refractivity contribution is 5.89. The molecule has 1 atom stereocenters. The van der Waals surface area contributed by atoms with Gasteiger partial charge in [0.2, 0.25) is 0 Å². The molecule has 156 valence electrons. The van der Waals surface area contributed by atoms with E-state index >= 15 is 0 Å². The van der Waals surface area contributed by atoms with E-state index in [1.165, 1.54) is 5.69 Å². The van der Waals surface area contributed by atoms with Crippen molar-refractivity contribution in [2.24, 2.45) is 5.41 Å². The summed E-state index contributed by atoms with van der Waals surface area (Å²) in [7, 11) is 0. The van der Waals surface area contributed by atoms with Gasteiger partial charge in [0.25, 0.3) is 0 Å². The Morgan fingerprint density at radius 1 is 1.21 bits per heavy atom. The summed E-state index contributed by atoms with van der Waals surface area (Å²) in [5.41, 5.74) is 3.21. The molecule has 0 aliphatic carbocycles. The summed E-state index contributed by atoms with van der Waals surface area (Å²) in [4.78, 5) is 25.4. The van der Waals surface area contributed by atoms with Crippen molar-refractivity contribution in [3.8, 4) is 0 Å². The first-order valence-electron chi connectivity index (χ1n) is 11.0. The third kappa shape index (κ3) is 3.62. The number of cyclic esters (lactones) is 1. The van der Waals surface area contributed by atoms with E-state index in [9.17, 15) is 4.79 Å². The number of anilines is 1. The Hall–Kier alpha value is -2.12. The molecular weight excluding hydrogens is 366 g/mol. The predicted octanol–water partition coefficient (Wildman–Crippen LogP) is 2.07. The smallest absolute Gasteiger partial charge is 0.312 e. The lowest BCUT2D eigenvalue weighted by Crippen LogP contribution is -2.47. The summed E-state index contributed by atoms with van der Waals surface area (Å²) in [6, 6.07) is 6.37. The third-order valence-electron chi connectivity index (χ3n) is 6.98. The SMILES string of the molecule is Cc1nc2c(N3CCN(CCC4CC5(CCNCC5)C(=O)O4)CC3)cccc2[nH]1. The molecule has 1 aromatic carbocycles. The summed E-state index contributed by atoms with van der Waals surface area (Å²) in [5, 5.41) is 3.36. The van der Waals surface area contributed by atoms with Gasteiger partial charge in [-0.15, -0.1) is 0 Å². The first-order chi connectivity index (χ1) is 14.1. The van der Waals surface area contributed by atoms with Gasteiger partial charge in [-0.2, -0.15) is 0 Å². The number of fused-ring (bicyclic) bond motifs is 1. The second kappa shape index (κ2) is 7.61. The van der Waals surface area contributed by atoms with Gasteiger partial charge in [-0.05, 0) is 51.4 Å². The van der Waals surface area contributed by atoms with Gasteiger partial charge in [-0.25, -0.2) is 4.98 Å². The van der Waals surface area contributed by atoms with Crippen LogP contribution in [0.1, 0.15) is 31.5 Å². The van der Waals surface area contributed by atoms with Gasteiger partial charge in [0.05, 0.1) is 16.6 Å². The van der Waals surface area contributed by atoms with Crippen molar-refractivity contribution in [2.45, 2.75) is 38.7 Å². The molecule has 0 radical (unpaired) electrons. The van der Waals surface area contributed by atoms with Crippen molar-refractivity contribution in [2.75, 3.05) is 50.7 Å². The normalized spacial score (nSPS) is 25.1. The van der Waals surface area contributed by atoms with Crippen LogP contribution in [0, 0.1) is 12.3 Å². The fourth-order valence-corrected chi connectivity index (χ4v) is 5.25. The van der Waals surface area contributed by atoms with E-state index < -0.39 is 0 Å². The van der Waals surface area contributed by atoms with E-state index in [1.54, 1.807) is 0 Å². The van der Waals surface area contributed by atoms with Crippen molar-refractivity contribution < 1.29 is 9.53 Å². The van der Waals surface area contributed by atoms with E-state index in [0.717, 1.165) is 88.4 Å². The Bertz CT molecular complexity index is 880. The number of hydrogen-bond acceptors (Lipinski definition) is 6. The second-order valence-corrected chi connectivity index (χ2v) is 8.87. The summed E-state index contributed by atoms with van der Waals surface area (Å²) in [6.45, 7) is 8.97. The van der Waals surface area contributed by atoms with Crippen molar-refractivity contribution in [1.82, 2.24) is 20.2 Å². The number of benzene rings is 1. The summed E-state index contributed by atoms with van der Waals surface area (Å²) >= 11 is 0. The van der Waals surface area contributed by atoms with Gasteiger partial charge in [0, 0.05) is 39.1 Å². The molecule has 1 aromatic heterocycles. The molecule has 3 saturated heterocycles. The molecular formula is C22H31N5O2. The molecule has 4 heterocycles. The second-order valence-electron chi connectivity index (χ2n) is 8.87. The average Bonchev–Trinajstić information content (AvgIpc) is 3.26. The number of imidazole rings is 1. The van der Waals surface area contributed by atoms with Crippen LogP contribution in [0.25, 0.3) is 11.0 Å². The maximum atomic E-state index is 12.4. The topological polar surface area (TPSA) is 73.5 Å². The lowest BCUT2D eigenvalue weighted by atomic mass is 9.76. The number of aromatic amines is 1. The number of para-hydroxylation sites is 1. The highest BCUT2D eigenvalue weighted by Crippen LogP contribution is 2.42. The highest BCUT2D eigenvalue weighted by atomic mass is 16.6. The van der Waals surface area contributed by atoms with Crippen LogP contribution in [0.2, 0.25) is 0 Å². The Morgan fingerprint density at radius 3 is 2.79 bits per heavy atom. The Balaban J connectivity index is 1.14. The molecule has 3 aliphatic heterocycles. The zero-order chi connectivity index (χ0) is 19.8. The predicted molar refractivity (Wildman–Crippen MR) is 113 cm³/mol. The molecule has 7 heteroatoms. The molecule has 2 N–H and O–H groups in total. The number of nitrogens with one attached hydrogen (secondary N) is 2. The molecule has 0 saturated carbocycles. The molecule has 3 aliphatic rings.